The minimum absolute atomic E-state index is 0.101. The molecule has 2 atom stereocenters. The zero-order chi connectivity index (χ0) is 51.0. The van der Waals surface area contributed by atoms with Crippen molar-refractivity contribution >= 4 is 81.4 Å². The fourth-order valence-electron chi connectivity index (χ4n) is 7.02. The van der Waals surface area contributed by atoms with Crippen molar-refractivity contribution in [2.75, 3.05) is 32.6 Å². The summed E-state index contributed by atoms with van der Waals surface area (Å²) in [5.41, 5.74) is 5.98. The standard InChI is InChI=1S/C43H54IN6O8P.C7H10O.C2H6/c1-4-12-38(42(55)46-30-52)49(3)43(56)37-27-35(19-18-34(37)29-51)45-21-10-8-6-5-7-9-15-40(53)48(2)28-31-13-11-14-36(25-31)57-24-23-50-22-20-32-16-17-33(26-39(32)50)41(54)47-58-59-44;1-3-4-5-6-7(2)8;1-2/h11,13-14,16-20,22,25-27,29-30,38,45,59H,4-10,12,15,21,23-24,28H2,1-3H3,(H,47,54)(H,46,52,55);3-6,8H,1H2,2H3;1-2H3/b;5-4-,7-6+;. The van der Waals surface area contributed by atoms with Gasteiger partial charge in [0.1, 0.15) is 24.8 Å². The van der Waals surface area contributed by atoms with Crippen LogP contribution < -0.4 is 20.9 Å². The number of allylic oxidation sites excluding steroid dienone is 5. The number of hydrogen-bond acceptors (Lipinski definition) is 10. The quantitative estimate of drug-likeness (QED) is 0.00810. The number of nitrogens with zero attached hydrogens (tertiary/aromatic N) is 3. The van der Waals surface area contributed by atoms with Crippen LogP contribution in [0, 0.1) is 0 Å². The molecule has 0 saturated heterocycles. The lowest BCUT2D eigenvalue weighted by Gasteiger charge is -2.27. The number of carbonyl (C=O) groups is 6. The van der Waals surface area contributed by atoms with Crippen molar-refractivity contribution in [3.63, 3.8) is 0 Å². The summed E-state index contributed by atoms with van der Waals surface area (Å²) >= 11 is 2.04. The van der Waals surface area contributed by atoms with E-state index in [2.05, 4.69) is 27.3 Å². The number of aldehydes is 1. The van der Waals surface area contributed by atoms with Crippen molar-refractivity contribution in [3.05, 3.63) is 132 Å². The van der Waals surface area contributed by atoms with E-state index in [0.717, 1.165) is 60.7 Å². The van der Waals surface area contributed by atoms with E-state index < -0.39 is 17.9 Å². The summed E-state index contributed by atoms with van der Waals surface area (Å²) in [5.74, 6) is -0.194. The molecule has 15 nitrogen and oxygen atoms in total. The highest BCUT2D eigenvalue weighted by Gasteiger charge is 2.28. The maximum Gasteiger partial charge on any atom is 0.275 e. The molecule has 0 aliphatic rings. The number of aromatic nitrogens is 1. The summed E-state index contributed by atoms with van der Waals surface area (Å²) in [6.07, 6.45) is 16.9. The number of halogens is 1. The highest BCUT2D eigenvalue weighted by molar-refractivity contribution is 14.2. The van der Waals surface area contributed by atoms with Gasteiger partial charge in [-0.05, 0) is 114 Å². The summed E-state index contributed by atoms with van der Waals surface area (Å²) in [6.45, 7) is 13.3. The summed E-state index contributed by atoms with van der Waals surface area (Å²) < 4.78 is 13.2. The number of aliphatic hydroxyl groups is 1. The topological polar surface area (TPSA) is 189 Å². The molecule has 0 spiro atoms. The van der Waals surface area contributed by atoms with Crippen LogP contribution in [0.2, 0.25) is 0 Å². The Kier molecular flexibility index (Phi) is 29.6. The van der Waals surface area contributed by atoms with Crippen molar-refractivity contribution in [2.24, 2.45) is 0 Å². The second kappa shape index (κ2) is 34.4. The number of unbranched alkanes of at least 4 members (excludes halogenated alkanes) is 5. The second-order valence-corrected chi connectivity index (χ2v) is 17.3. The summed E-state index contributed by atoms with van der Waals surface area (Å²) in [7, 11) is 3.32. The summed E-state index contributed by atoms with van der Waals surface area (Å²) in [6, 6.07) is 19.4. The summed E-state index contributed by atoms with van der Waals surface area (Å²) in [4.78, 5) is 76.6. The Morgan fingerprint density at radius 1 is 0.942 bits per heavy atom. The first-order valence-corrected chi connectivity index (χ1v) is 27.2. The fraction of sp³-hybridized carbons (Fsp3) is 0.385. The first-order valence-electron chi connectivity index (χ1n) is 23.2. The van der Waals surface area contributed by atoms with Gasteiger partial charge < -0.3 is 29.5 Å². The van der Waals surface area contributed by atoms with E-state index in [1.165, 1.54) is 11.9 Å². The number of rotatable bonds is 28. The number of anilines is 1. The SMILES string of the molecule is C=C/C=C\C=C(/C)O.CC.CCCC(C(=O)NC=O)N(C)C(=O)c1cc(NCCCCCCCCC(=O)N(C)Cc2cccc(OCCn3ccc4ccc(C(=O)NOPI)cc43)c2)ccc1C=O. The number of benzene rings is 3. The Hall–Kier alpha value is -5.84. The molecule has 1 heterocycles. The van der Waals surface area contributed by atoms with Crippen molar-refractivity contribution in [2.45, 2.75) is 105 Å². The van der Waals surface area contributed by atoms with E-state index in [0.29, 0.717) is 75.2 Å². The van der Waals surface area contributed by atoms with Crippen LogP contribution in [0.1, 0.15) is 122 Å². The van der Waals surface area contributed by atoms with E-state index in [-0.39, 0.29) is 29.4 Å². The second-order valence-electron chi connectivity index (χ2n) is 15.6. The number of ether oxygens (including phenoxy) is 1. The fourth-order valence-corrected chi connectivity index (χ4v) is 7.48. The molecular formula is C52H70IN6O9P. The molecule has 0 radical (unpaired) electrons. The van der Waals surface area contributed by atoms with Crippen molar-refractivity contribution in [3.8, 4) is 5.75 Å². The van der Waals surface area contributed by atoms with E-state index in [1.54, 1.807) is 60.4 Å². The highest BCUT2D eigenvalue weighted by Crippen LogP contribution is 2.23. The van der Waals surface area contributed by atoms with E-state index in [9.17, 15) is 28.8 Å². The van der Waals surface area contributed by atoms with E-state index in [1.807, 2.05) is 98.5 Å². The number of amides is 5. The average molecular weight is 1080 g/mol. The van der Waals surface area contributed by atoms with Crippen LogP contribution in [0.15, 0.2) is 110 Å². The molecule has 0 bridgehead atoms. The minimum Gasteiger partial charge on any atom is -0.513 e. The molecule has 5 amide bonds. The van der Waals surface area contributed by atoms with Gasteiger partial charge in [-0.1, -0.05) is 95.9 Å². The first-order chi connectivity index (χ1) is 33.4. The zero-order valence-corrected chi connectivity index (χ0v) is 44.0. The highest BCUT2D eigenvalue weighted by atomic mass is 127. The van der Waals surface area contributed by atoms with Crippen LogP contribution in [-0.2, 0) is 32.1 Å². The number of nitrogens with one attached hydrogen (secondary N) is 3. The number of hydroxylamine groups is 1. The monoisotopic (exact) mass is 1080 g/mol. The largest absolute Gasteiger partial charge is 0.513 e. The Balaban J connectivity index is 0.00000148. The smallest absolute Gasteiger partial charge is 0.275 e. The van der Waals surface area contributed by atoms with Gasteiger partial charge in [-0.3, -0.25) is 34.1 Å². The molecule has 69 heavy (non-hydrogen) atoms. The molecular weight excluding hydrogens is 1010 g/mol. The molecule has 1 aromatic heterocycles. The normalized spacial score (nSPS) is 11.4. The van der Waals surface area contributed by atoms with E-state index >= 15 is 0 Å². The lowest BCUT2D eigenvalue weighted by molar-refractivity contribution is -0.131. The van der Waals surface area contributed by atoms with Crippen LogP contribution in [0.5, 0.6) is 5.75 Å². The average Bonchev–Trinajstić information content (AvgIpc) is 3.76. The third kappa shape index (κ3) is 21.6. The van der Waals surface area contributed by atoms with Crippen LogP contribution >= 0.6 is 28.5 Å². The molecule has 374 valence electrons. The molecule has 3 aromatic carbocycles. The van der Waals surface area contributed by atoms with Gasteiger partial charge in [0.25, 0.3) is 11.8 Å². The van der Waals surface area contributed by atoms with Gasteiger partial charge in [-0.25, -0.2) is 10.1 Å². The molecule has 0 aliphatic heterocycles. The van der Waals surface area contributed by atoms with E-state index in [4.69, 9.17) is 14.5 Å². The number of fused-ring (bicyclic) bond motifs is 1. The van der Waals surface area contributed by atoms with Gasteiger partial charge in [0, 0.05) is 62.1 Å². The number of hydrogen-bond donors (Lipinski definition) is 4. The van der Waals surface area contributed by atoms with Gasteiger partial charge in [0.2, 0.25) is 18.2 Å². The van der Waals surface area contributed by atoms with Gasteiger partial charge in [0.15, 0.2) is 6.29 Å². The van der Waals surface area contributed by atoms with Crippen molar-refractivity contribution in [1.29, 1.82) is 0 Å². The van der Waals surface area contributed by atoms with Crippen LogP contribution in [-0.4, -0.2) is 89.1 Å². The third-order valence-corrected chi connectivity index (χ3v) is 11.4. The maximum atomic E-state index is 13.3. The molecule has 4 rings (SSSR count). The number of likely N-dealkylation sites (N-methyl/N-ethyl adjacent to an activating group) is 1. The van der Waals surface area contributed by atoms with Gasteiger partial charge >= 0.3 is 0 Å². The van der Waals surface area contributed by atoms with Gasteiger partial charge in [-0.15, -0.1) is 0 Å². The predicted octanol–water partition coefficient (Wildman–Crippen LogP) is 10.7. The van der Waals surface area contributed by atoms with Crippen LogP contribution in [0.4, 0.5) is 5.69 Å². The molecule has 17 heteroatoms. The Morgan fingerprint density at radius 3 is 2.36 bits per heavy atom. The predicted molar refractivity (Wildman–Crippen MR) is 286 cm³/mol. The number of imide groups is 1. The van der Waals surface area contributed by atoms with Crippen molar-refractivity contribution < 1.29 is 43.2 Å². The number of aliphatic hydroxyl groups excluding tert-OH is 1. The molecule has 0 fully saturated rings. The minimum atomic E-state index is -0.840. The van der Waals surface area contributed by atoms with Crippen LogP contribution in [0.25, 0.3) is 10.9 Å². The molecule has 0 aliphatic carbocycles. The molecule has 4 aromatic rings. The first kappa shape index (κ1) is 59.3. The number of carbonyl (C=O) groups excluding carboxylic acids is 6. The molecule has 2 unspecified atom stereocenters. The summed E-state index contributed by atoms with van der Waals surface area (Å²) in [5, 5.41) is 15.0. The molecule has 4 N–H and O–H groups in total. The Labute approximate surface area is 422 Å². The lowest BCUT2D eigenvalue weighted by atomic mass is 10.0. The zero-order valence-electron chi connectivity index (χ0n) is 40.8. The van der Waals surface area contributed by atoms with Gasteiger partial charge in [0.05, 0.1) is 17.9 Å². The maximum absolute atomic E-state index is 13.3. The van der Waals surface area contributed by atoms with Crippen molar-refractivity contribution in [1.82, 2.24) is 25.2 Å². The lowest BCUT2D eigenvalue weighted by Crippen LogP contribution is -2.47. The third-order valence-electron chi connectivity index (χ3n) is 10.6. The van der Waals surface area contributed by atoms with Gasteiger partial charge in [-0.2, -0.15) is 0 Å². The Morgan fingerprint density at radius 2 is 1.68 bits per heavy atom. The Bertz CT molecular complexity index is 2310. The molecule has 0 saturated carbocycles. The van der Waals surface area contributed by atoms with Crippen LogP contribution in [0.3, 0.4) is 0 Å².